The summed E-state index contributed by atoms with van der Waals surface area (Å²) in [6, 6.07) is 12.2. The van der Waals surface area contributed by atoms with E-state index in [1.54, 1.807) is 7.11 Å². The Morgan fingerprint density at radius 1 is 1.15 bits per heavy atom. The first-order chi connectivity index (χ1) is 16.2. The zero-order chi connectivity index (χ0) is 22.6. The zero-order valence-corrected chi connectivity index (χ0v) is 19.3. The molecule has 33 heavy (non-hydrogen) atoms. The number of anilines is 1. The van der Waals surface area contributed by atoms with E-state index in [9.17, 15) is 4.79 Å². The number of aromatic nitrogens is 2. The van der Waals surface area contributed by atoms with E-state index in [2.05, 4.69) is 22.1 Å². The van der Waals surface area contributed by atoms with E-state index in [1.807, 2.05) is 46.1 Å². The van der Waals surface area contributed by atoms with Gasteiger partial charge in [0.2, 0.25) is 0 Å². The van der Waals surface area contributed by atoms with Crippen molar-refractivity contribution in [2.24, 2.45) is 5.92 Å². The highest BCUT2D eigenvalue weighted by atomic mass is 16.5. The molecule has 174 valence electrons. The molecule has 2 aliphatic rings. The first-order valence-electron chi connectivity index (χ1n) is 11.9. The maximum absolute atomic E-state index is 13.7. The van der Waals surface area contributed by atoms with Gasteiger partial charge < -0.3 is 19.3 Å². The summed E-state index contributed by atoms with van der Waals surface area (Å²) in [5.74, 6) is 0.865. The van der Waals surface area contributed by atoms with Gasteiger partial charge in [-0.15, -0.1) is 0 Å². The molecule has 7 heteroatoms. The fourth-order valence-corrected chi connectivity index (χ4v) is 5.07. The number of rotatable bonds is 5. The lowest BCUT2D eigenvalue weighted by Gasteiger charge is -2.30. The van der Waals surface area contributed by atoms with E-state index < -0.39 is 0 Å². The van der Waals surface area contributed by atoms with Crippen LogP contribution in [0.4, 0.5) is 5.69 Å². The van der Waals surface area contributed by atoms with Crippen LogP contribution in [0.5, 0.6) is 5.75 Å². The Morgan fingerprint density at radius 2 is 2.03 bits per heavy atom. The van der Waals surface area contributed by atoms with Crippen LogP contribution in [0.3, 0.4) is 0 Å². The lowest BCUT2D eigenvalue weighted by Crippen LogP contribution is -2.37. The van der Waals surface area contributed by atoms with Crippen molar-refractivity contribution in [3.8, 4) is 5.75 Å². The third-order valence-electron chi connectivity index (χ3n) is 6.79. The number of amides is 1. The monoisotopic (exact) mass is 448 g/mol. The van der Waals surface area contributed by atoms with E-state index in [0.717, 1.165) is 30.7 Å². The maximum Gasteiger partial charge on any atom is 0.257 e. The molecular formula is C26H32N4O3. The standard InChI is InChI=1S/C26H32N4O3/c1-32-25-8-7-22(28-11-3-2-4-12-28)17-23(25)26(31)29-14-15-33-19-20(18-29)16-21-6-5-13-30-24(21)9-10-27-30/h5-10,13,17,20H,2-4,11-12,14-16,18-19H2,1H3/t20-/m1/s1. The number of nitrogens with zero attached hydrogens (tertiary/aromatic N) is 4. The van der Waals surface area contributed by atoms with Gasteiger partial charge in [0.25, 0.3) is 5.91 Å². The topological polar surface area (TPSA) is 59.3 Å². The molecule has 2 aromatic heterocycles. The number of fused-ring (bicyclic) bond motifs is 1. The van der Waals surface area contributed by atoms with E-state index in [0.29, 0.717) is 37.6 Å². The predicted molar refractivity (Wildman–Crippen MR) is 128 cm³/mol. The molecule has 0 radical (unpaired) electrons. The average Bonchev–Trinajstić information content (AvgIpc) is 3.23. The van der Waals surface area contributed by atoms with Crippen molar-refractivity contribution in [2.75, 3.05) is 51.4 Å². The Bertz CT molecular complexity index is 1110. The number of ether oxygens (including phenoxy) is 2. The quantitative estimate of drug-likeness (QED) is 0.596. The second-order valence-corrected chi connectivity index (χ2v) is 9.02. The molecule has 7 nitrogen and oxygen atoms in total. The van der Waals surface area contributed by atoms with Gasteiger partial charge in [-0.05, 0) is 61.6 Å². The summed E-state index contributed by atoms with van der Waals surface area (Å²) < 4.78 is 13.4. The van der Waals surface area contributed by atoms with Gasteiger partial charge in [0.15, 0.2) is 0 Å². The smallest absolute Gasteiger partial charge is 0.257 e. The van der Waals surface area contributed by atoms with Crippen LogP contribution in [-0.4, -0.2) is 66.9 Å². The molecule has 0 unspecified atom stereocenters. The summed E-state index contributed by atoms with van der Waals surface area (Å²) in [5, 5.41) is 4.34. The van der Waals surface area contributed by atoms with Crippen LogP contribution >= 0.6 is 0 Å². The summed E-state index contributed by atoms with van der Waals surface area (Å²) in [4.78, 5) is 18.0. The van der Waals surface area contributed by atoms with E-state index >= 15 is 0 Å². The number of pyridine rings is 1. The number of piperidine rings is 1. The van der Waals surface area contributed by atoms with Gasteiger partial charge >= 0.3 is 0 Å². The normalized spacial score (nSPS) is 19.5. The molecule has 3 aromatic rings. The van der Waals surface area contributed by atoms with Crippen molar-refractivity contribution in [2.45, 2.75) is 25.7 Å². The molecule has 5 rings (SSSR count). The Labute approximate surface area is 194 Å². The van der Waals surface area contributed by atoms with Crippen LogP contribution in [0, 0.1) is 5.92 Å². The zero-order valence-electron chi connectivity index (χ0n) is 19.3. The molecule has 0 aliphatic carbocycles. The number of hydrogen-bond donors (Lipinski definition) is 0. The van der Waals surface area contributed by atoms with Crippen LogP contribution in [0.15, 0.2) is 48.8 Å². The highest BCUT2D eigenvalue weighted by Gasteiger charge is 2.27. The van der Waals surface area contributed by atoms with Gasteiger partial charge in [-0.3, -0.25) is 4.79 Å². The molecule has 2 saturated heterocycles. The van der Waals surface area contributed by atoms with Crippen molar-refractivity contribution in [1.82, 2.24) is 14.5 Å². The van der Waals surface area contributed by atoms with Crippen LogP contribution < -0.4 is 9.64 Å². The molecule has 2 fully saturated rings. The average molecular weight is 449 g/mol. The maximum atomic E-state index is 13.7. The van der Waals surface area contributed by atoms with Crippen molar-refractivity contribution in [1.29, 1.82) is 0 Å². The SMILES string of the molecule is COc1ccc(N2CCCCC2)cc1C(=O)N1CCOC[C@H](Cc2cccn3nccc23)C1. The minimum Gasteiger partial charge on any atom is -0.496 e. The van der Waals surface area contributed by atoms with E-state index in [1.165, 1.54) is 24.8 Å². The van der Waals surface area contributed by atoms with Crippen molar-refractivity contribution in [3.63, 3.8) is 0 Å². The van der Waals surface area contributed by atoms with E-state index in [4.69, 9.17) is 9.47 Å². The molecule has 1 amide bonds. The molecule has 0 spiro atoms. The highest BCUT2D eigenvalue weighted by Crippen LogP contribution is 2.29. The summed E-state index contributed by atoms with van der Waals surface area (Å²) in [6.45, 7) is 4.52. The van der Waals surface area contributed by atoms with Gasteiger partial charge in [-0.2, -0.15) is 5.10 Å². The third-order valence-corrected chi connectivity index (χ3v) is 6.79. The molecule has 1 aromatic carbocycles. The minimum atomic E-state index is 0.0174. The first-order valence-corrected chi connectivity index (χ1v) is 11.9. The number of carbonyl (C=O) groups is 1. The largest absolute Gasteiger partial charge is 0.496 e. The predicted octanol–water partition coefficient (Wildman–Crippen LogP) is 3.66. The van der Waals surface area contributed by atoms with Crippen molar-refractivity contribution < 1.29 is 14.3 Å². The Balaban J connectivity index is 1.36. The van der Waals surface area contributed by atoms with E-state index in [-0.39, 0.29) is 11.8 Å². The number of benzene rings is 1. The second kappa shape index (κ2) is 9.83. The summed E-state index contributed by atoms with van der Waals surface area (Å²) in [6.07, 6.45) is 8.29. The Kier molecular flexibility index (Phi) is 6.48. The van der Waals surface area contributed by atoms with Gasteiger partial charge in [0.1, 0.15) is 5.75 Å². The van der Waals surface area contributed by atoms with Crippen LogP contribution in [0.2, 0.25) is 0 Å². The fraction of sp³-hybridized carbons (Fsp3) is 0.462. The summed E-state index contributed by atoms with van der Waals surface area (Å²) in [7, 11) is 1.63. The van der Waals surface area contributed by atoms with Crippen molar-refractivity contribution >= 4 is 17.1 Å². The van der Waals surface area contributed by atoms with Crippen molar-refractivity contribution in [3.05, 3.63) is 59.9 Å². The molecule has 0 saturated carbocycles. The van der Waals surface area contributed by atoms with Crippen LogP contribution in [-0.2, 0) is 11.2 Å². The third kappa shape index (κ3) is 4.69. The Hall–Kier alpha value is -3.06. The van der Waals surface area contributed by atoms with Gasteiger partial charge in [-0.25, -0.2) is 4.52 Å². The first kappa shape index (κ1) is 21.8. The van der Waals surface area contributed by atoms with Gasteiger partial charge in [-0.1, -0.05) is 6.07 Å². The lowest BCUT2D eigenvalue weighted by molar-refractivity contribution is 0.0734. The fourth-order valence-electron chi connectivity index (χ4n) is 5.07. The number of methoxy groups -OCH3 is 1. The highest BCUT2D eigenvalue weighted by molar-refractivity contribution is 5.98. The lowest BCUT2D eigenvalue weighted by atomic mass is 9.99. The van der Waals surface area contributed by atoms with Crippen LogP contribution in [0.1, 0.15) is 35.2 Å². The summed E-state index contributed by atoms with van der Waals surface area (Å²) in [5.41, 5.74) is 4.08. The second-order valence-electron chi connectivity index (χ2n) is 9.02. The van der Waals surface area contributed by atoms with Crippen LogP contribution in [0.25, 0.3) is 5.52 Å². The summed E-state index contributed by atoms with van der Waals surface area (Å²) >= 11 is 0. The van der Waals surface area contributed by atoms with Gasteiger partial charge in [0.05, 0.1) is 31.4 Å². The minimum absolute atomic E-state index is 0.0174. The Morgan fingerprint density at radius 3 is 2.88 bits per heavy atom. The molecular weight excluding hydrogens is 416 g/mol. The number of hydrogen-bond acceptors (Lipinski definition) is 5. The van der Waals surface area contributed by atoms with Gasteiger partial charge in [0, 0.05) is 50.2 Å². The molecule has 0 N–H and O–H groups in total. The molecule has 2 aliphatic heterocycles. The number of carbonyl (C=O) groups excluding carboxylic acids is 1. The molecule has 4 heterocycles. The molecule has 0 bridgehead atoms. The molecule has 1 atom stereocenters.